The van der Waals surface area contributed by atoms with Crippen LogP contribution >= 0.6 is 19.5 Å². The fourth-order valence-corrected chi connectivity index (χ4v) is 6.85. The van der Waals surface area contributed by atoms with Crippen molar-refractivity contribution in [1.82, 2.24) is 20.0 Å². The fraction of sp³-hybridized carbons (Fsp3) is 0.417. The van der Waals surface area contributed by atoms with Crippen molar-refractivity contribution in [2.24, 2.45) is 0 Å². The molecule has 266 valence electrons. The second-order valence-corrected chi connectivity index (χ2v) is 13.9. The lowest BCUT2D eigenvalue weighted by atomic mass is 10.2. The molecular weight excluding hydrogens is 661 g/mol. The number of allylic oxidation sites excluding steroid dienone is 10. The van der Waals surface area contributed by atoms with Gasteiger partial charge in [-0.15, -0.1) is 11.8 Å². The number of amides is 1. The Morgan fingerprint density at radius 1 is 1.00 bits per heavy atom. The molecular formula is C36H50N5O6PS. The van der Waals surface area contributed by atoms with Gasteiger partial charge in [-0.05, 0) is 63.1 Å². The number of nitrogens with zero attached hydrogens (tertiary/aromatic N) is 2. The number of para-hydroxylation sites is 1. The molecule has 3 rings (SSSR count). The highest BCUT2D eigenvalue weighted by atomic mass is 32.2. The number of nitrogens with two attached hydrogens (primary N) is 1. The summed E-state index contributed by atoms with van der Waals surface area (Å²) in [5.41, 5.74) is 4.57. The number of anilines is 1. The molecule has 13 heteroatoms. The number of hydrogen-bond donors (Lipinski definition) is 3. The molecule has 0 aliphatic carbocycles. The van der Waals surface area contributed by atoms with Crippen LogP contribution in [0, 0.1) is 0 Å². The van der Waals surface area contributed by atoms with Gasteiger partial charge in [-0.2, -0.15) is 4.98 Å². The number of carbonyl (C=O) groups is 1. The Morgan fingerprint density at radius 2 is 1.65 bits per heavy atom. The number of rotatable bonds is 23. The van der Waals surface area contributed by atoms with E-state index in [1.165, 1.54) is 28.6 Å². The molecule has 0 radical (unpaired) electrons. The molecule has 4 N–H and O–H groups in total. The summed E-state index contributed by atoms with van der Waals surface area (Å²) in [5, 5.41) is 5.68. The van der Waals surface area contributed by atoms with Crippen molar-refractivity contribution in [2.75, 3.05) is 31.2 Å². The van der Waals surface area contributed by atoms with E-state index in [9.17, 15) is 14.2 Å². The van der Waals surface area contributed by atoms with Crippen molar-refractivity contribution in [3.63, 3.8) is 0 Å². The summed E-state index contributed by atoms with van der Waals surface area (Å²) in [4.78, 5) is 28.2. The molecule has 49 heavy (non-hydrogen) atoms. The first kappa shape index (κ1) is 39.8. The van der Waals surface area contributed by atoms with Gasteiger partial charge in [0.15, 0.2) is 0 Å². The van der Waals surface area contributed by atoms with Crippen LogP contribution in [-0.2, 0) is 18.6 Å². The first-order valence-electron chi connectivity index (χ1n) is 16.8. The molecule has 3 atom stereocenters. The average molecular weight is 712 g/mol. The van der Waals surface area contributed by atoms with E-state index in [-0.39, 0.29) is 31.4 Å². The van der Waals surface area contributed by atoms with Gasteiger partial charge in [0.1, 0.15) is 23.2 Å². The lowest BCUT2D eigenvalue weighted by Gasteiger charge is -2.22. The minimum atomic E-state index is -3.83. The average Bonchev–Trinajstić information content (AvgIpc) is 3.56. The van der Waals surface area contributed by atoms with E-state index in [1.807, 2.05) is 6.07 Å². The zero-order valence-corrected chi connectivity index (χ0v) is 29.9. The van der Waals surface area contributed by atoms with E-state index in [4.69, 9.17) is 19.5 Å². The van der Waals surface area contributed by atoms with E-state index in [2.05, 4.69) is 83.1 Å². The van der Waals surface area contributed by atoms with E-state index >= 15 is 0 Å². The van der Waals surface area contributed by atoms with Crippen LogP contribution in [0.2, 0.25) is 0 Å². The molecule has 1 fully saturated rings. The molecule has 2 aromatic rings. The normalized spacial score (nSPS) is 18.0. The molecule has 0 saturated carbocycles. The summed E-state index contributed by atoms with van der Waals surface area (Å²) in [6.07, 6.45) is 29.4. The van der Waals surface area contributed by atoms with Gasteiger partial charge < -0.3 is 20.3 Å². The van der Waals surface area contributed by atoms with Crippen LogP contribution in [0.3, 0.4) is 0 Å². The van der Waals surface area contributed by atoms with Crippen LogP contribution in [0.15, 0.2) is 108 Å². The summed E-state index contributed by atoms with van der Waals surface area (Å²) >= 11 is 1.42. The molecule has 1 saturated heterocycles. The van der Waals surface area contributed by atoms with Crippen LogP contribution in [0.4, 0.5) is 5.82 Å². The Labute approximate surface area is 294 Å². The van der Waals surface area contributed by atoms with Gasteiger partial charge in [0.2, 0.25) is 5.91 Å². The molecule has 1 aliphatic rings. The van der Waals surface area contributed by atoms with Crippen LogP contribution in [0.25, 0.3) is 0 Å². The molecule has 1 amide bonds. The van der Waals surface area contributed by atoms with Crippen LogP contribution in [0.1, 0.15) is 64.5 Å². The third-order valence-electron chi connectivity index (χ3n) is 6.93. The summed E-state index contributed by atoms with van der Waals surface area (Å²) < 4.78 is 32.4. The second kappa shape index (κ2) is 23.6. The Kier molecular flexibility index (Phi) is 19.2. The Morgan fingerprint density at radius 3 is 2.31 bits per heavy atom. The van der Waals surface area contributed by atoms with E-state index in [0.717, 1.165) is 44.9 Å². The molecule has 11 nitrogen and oxygen atoms in total. The maximum absolute atomic E-state index is 13.6. The van der Waals surface area contributed by atoms with Crippen molar-refractivity contribution in [3.8, 4) is 5.75 Å². The summed E-state index contributed by atoms with van der Waals surface area (Å²) in [5.74, 6) is 0.899. The van der Waals surface area contributed by atoms with E-state index in [0.29, 0.717) is 17.9 Å². The second-order valence-electron chi connectivity index (χ2n) is 11.0. The van der Waals surface area contributed by atoms with Crippen molar-refractivity contribution >= 4 is 31.2 Å². The van der Waals surface area contributed by atoms with Crippen molar-refractivity contribution in [2.45, 2.75) is 70.0 Å². The molecule has 0 spiro atoms. The van der Waals surface area contributed by atoms with Gasteiger partial charge in [-0.3, -0.25) is 13.9 Å². The standard InChI is InChI=1S/C36H50N5O6PS/c1-2-3-4-5-6-7-8-9-10-11-12-13-14-15-16-17-21-24-33(42)38-26-27-39-48(44,47-31-22-19-18-20-23-31)45-29-35-46-34(30-49-35)41-28-25-32(37)40-36(41)43/h3-4,6-7,9-10,12-13,15-16,18-20,22-23,25,28,34-35H,2,5,8,11,14,17,21,24,26-27,29-30H2,1H3,(H,38,42)(H,39,44)(H2,37,40,43). The molecule has 0 bridgehead atoms. The first-order valence-corrected chi connectivity index (χ1v) is 19.4. The number of carbonyl (C=O) groups excluding carboxylic acids is 1. The number of thioether (sulfide) groups is 1. The number of aromatic nitrogens is 2. The number of benzene rings is 1. The minimum Gasteiger partial charge on any atom is -0.413 e. The summed E-state index contributed by atoms with van der Waals surface area (Å²) in [6, 6.07) is 10.2. The molecule has 1 aromatic heterocycles. The number of ether oxygens (including phenoxy) is 1. The molecule has 1 aliphatic heterocycles. The predicted molar refractivity (Wildman–Crippen MR) is 199 cm³/mol. The predicted octanol–water partition coefficient (Wildman–Crippen LogP) is 7.24. The van der Waals surface area contributed by atoms with Crippen LogP contribution in [-0.4, -0.2) is 46.3 Å². The Bertz CT molecular complexity index is 1510. The van der Waals surface area contributed by atoms with Gasteiger partial charge in [0.05, 0.1) is 6.61 Å². The zero-order valence-electron chi connectivity index (χ0n) is 28.2. The van der Waals surface area contributed by atoms with E-state index < -0.39 is 25.1 Å². The third kappa shape index (κ3) is 17.0. The van der Waals surface area contributed by atoms with Crippen molar-refractivity contribution < 1.29 is 23.1 Å². The molecule has 1 aromatic carbocycles. The Balaban J connectivity index is 1.30. The van der Waals surface area contributed by atoms with Crippen LogP contribution < -0.4 is 26.4 Å². The highest BCUT2D eigenvalue weighted by molar-refractivity contribution is 8.00. The smallest absolute Gasteiger partial charge is 0.413 e. The van der Waals surface area contributed by atoms with Crippen molar-refractivity contribution in [1.29, 1.82) is 0 Å². The summed E-state index contributed by atoms with van der Waals surface area (Å²) in [7, 11) is -3.83. The number of hydrogen-bond acceptors (Lipinski definition) is 9. The zero-order chi connectivity index (χ0) is 35.0. The topological polar surface area (TPSA) is 147 Å². The molecule has 2 heterocycles. The van der Waals surface area contributed by atoms with Gasteiger partial charge in [-0.25, -0.2) is 14.4 Å². The largest absolute Gasteiger partial charge is 0.458 e. The van der Waals surface area contributed by atoms with Gasteiger partial charge >= 0.3 is 13.4 Å². The lowest BCUT2D eigenvalue weighted by molar-refractivity contribution is -0.121. The number of unbranched alkanes of at least 4 members (excludes halogenated alkanes) is 1. The SMILES string of the molecule is CCC=CCC=CCC=CCC=CCC=CCCCC(=O)NCCNP(=O)(OCC1OC(n2ccc(N)nc2=O)CS1)Oc1ccccc1. The maximum atomic E-state index is 13.6. The van der Waals surface area contributed by atoms with Crippen LogP contribution in [0.5, 0.6) is 5.75 Å². The minimum absolute atomic E-state index is 0.0579. The monoisotopic (exact) mass is 711 g/mol. The first-order chi connectivity index (χ1) is 23.9. The van der Waals surface area contributed by atoms with Crippen molar-refractivity contribution in [3.05, 3.63) is 114 Å². The number of nitrogen functional groups attached to an aromatic ring is 1. The fourth-order valence-electron chi connectivity index (χ4n) is 4.44. The Hall–Kier alpha value is -3.67. The van der Waals surface area contributed by atoms with Gasteiger partial charge in [-0.1, -0.05) is 85.9 Å². The van der Waals surface area contributed by atoms with E-state index in [1.54, 1.807) is 24.3 Å². The summed E-state index contributed by atoms with van der Waals surface area (Å²) in [6.45, 7) is 2.49. The third-order valence-corrected chi connectivity index (χ3v) is 9.58. The quantitative estimate of drug-likeness (QED) is 0.0612. The maximum Gasteiger partial charge on any atom is 0.458 e. The highest BCUT2D eigenvalue weighted by Crippen LogP contribution is 2.45. The number of nitrogens with one attached hydrogen (secondary N) is 2. The lowest BCUT2D eigenvalue weighted by Crippen LogP contribution is -2.32. The van der Waals surface area contributed by atoms with Gasteiger partial charge in [0.25, 0.3) is 0 Å². The molecule has 3 unspecified atom stereocenters. The van der Waals surface area contributed by atoms with Gasteiger partial charge in [0, 0.05) is 31.5 Å². The highest BCUT2D eigenvalue weighted by Gasteiger charge is 2.33.